The molecule has 3 rings (SSSR count). The lowest BCUT2D eigenvalue weighted by molar-refractivity contribution is -0.118. The Labute approximate surface area is 165 Å². The molecule has 1 aliphatic rings. The number of primary amides is 1. The Morgan fingerprint density at radius 2 is 2.10 bits per heavy atom. The Morgan fingerprint density at radius 3 is 2.72 bits per heavy atom. The Hall–Kier alpha value is -3.53. The van der Waals surface area contributed by atoms with Gasteiger partial charge in [0.1, 0.15) is 17.7 Å². The third kappa shape index (κ3) is 4.85. The Kier molecular flexibility index (Phi) is 6.03. The SMILES string of the molecule is NCC(=O)Nc1ccc(-c2ccc(N3CC(CCC(N)=O)OC3=O)cc2F)cn1. The number of ether oxygens (including phenoxy) is 1. The van der Waals surface area contributed by atoms with E-state index in [9.17, 15) is 18.8 Å². The first kappa shape index (κ1) is 20.2. The number of anilines is 2. The van der Waals surface area contributed by atoms with Crippen molar-refractivity contribution in [3.63, 3.8) is 0 Å². The first-order valence-corrected chi connectivity index (χ1v) is 8.89. The number of nitrogens with two attached hydrogens (primary N) is 2. The molecule has 9 nitrogen and oxygen atoms in total. The number of pyridine rings is 1. The first-order chi connectivity index (χ1) is 13.9. The topological polar surface area (TPSA) is 141 Å². The summed E-state index contributed by atoms with van der Waals surface area (Å²) in [6, 6.07) is 7.51. The lowest BCUT2D eigenvalue weighted by Gasteiger charge is -2.14. The summed E-state index contributed by atoms with van der Waals surface area (Å²) in [5.74, 6) is -1.09. The minimum atomic E-state index is -0.603. The quantitative estimate of drug-likeness (QED) is 0.640. The molecule has 0 radical (unpaired) electrons. The number of hydrogen-bond acceptors (Lipinski definition) is 6. The summed E-state index contributed by atoms with van der Waals surface area (Å²) in [7, 11) is 0. The van der Waals surface area contributed by atoms with Gasteiger partial charge in [0.25, 0.3) is 0 Å². The monoisotopic (exact) mass is 401 g/mol. The minimum absolute atomic E-state index is 0.105. The zero-order valence-electron chi connectivity index (χ0n) is 15.4. The van der Waals surface area contributed by atoms with Gasteiger partial charge in [-0.25, -0.2) is 14.2 Å². The molecule has 3 amide bonds. The molecule has 0 aliphatic carbocycles. The number of nitrogens with zero attached hydrogens (tertiary/aromatic N) is 2. The molecule has 152 valence electrons. The fraction of sp³-hybridized carbons (Fsp3) is 0.263. The van der Waals surface area contributed by atoms with Crippen molar-refractivity contribution in [3.05, 3.63) is 42.3 Å². The summed E-state index contributed by atoms with van der Waals surface area (Å²) in [4.78, 5) is 39.6. The van der Waals surface area contributed by atoms with Crippen LogP contribution in [0, 0.1) is 5.82 Å². The van der Waals surface area contributed by atoms with E-state index in [2.05, 4.69) is 10.3 Å². The number of carbonyl (C=O) groups excluding carboxylic acids is 3. The molecular weight excluding hydrogens is 381 g/mol. The van der Waals surface area contributed by atoms with Gasteiger partial charge in [-0.2, -0.15) is 0 Å². The number of benzene rings is 1. The molecular formula is C19H20FN5O4. The van der Waals surface area contributed by atoms with E-state index < -0.39 is 23.9 Å². The lowest BCUT2D eigenvalue weighted by Crippen LogP contribution is -2.25. The number of rotatable bonds is 7. The van der Waals surface area contributed by atoms with Crippen LogP contribution in [0.25, 0.3) is 11.1 Å². The number of nitrogens with one attached hydrogen (secondary N) is 1. The molecule has 5 N–H and O–H groups in total. The molecule has 29 heavy (non-hydrogen) atoms. The molecule has 1 aromatic heterocycles. The second kappa shape index (κ2) is 8.65. The summed E-state index contributed by atoms with van der Waals surface area (Å²) in [5.41, 5.74) is 11.5. The van der Waals surface area contributed by atoms with E-state index in [1.165, 1.54) is 29.3 Å². The minimum Gasteiger partial charge on any atom is -0.444 e. The van der Waals surface area contributed by atoms with Gasteiger partial charge in [0.05, 0.1) is 18.8 Å². The third-order valence-electron chi connectivity index (χ3n) is 4.38. The zero-order chi connectivity index (χ0) is 21.0. The molecule has 0 saturated carbocycles. The number of carbonyl (C=O) groups is 3. The molecule has 1 fully saturated rings. The highest BCUT2D eigenvalue weighted by molar-refractivity contribution is 5.91. The Balaban J connectivity index is 1.72. The standard InChI is InChI=1S/C19H20FN5O4/c20-15-7-12(25-10-13(29-19(25)28)3-5-16(22)26)2-4-14(15)11-1-6-17(23-9-11)24-18(27)8-21/h1-2,4,6-7,9,13H,3,5,8,10,21H2,(H2,22,26)(H,23,24,27). The average molecular weight is 401 g/mol. The summed E-state index contributed by atoms with van der Waals surface area (Å²) >= 11 is 0. The predicted octanol–water partition coefficient (Wildman–Crippen LogP) is 1.38. The number of cyclic esters (lactones) is 1. The molecule has 1 aromatic carbocycles. The van der Waals surface area contributed by atoms with Crippen LogP contribution in [0.5, 0.6) is 0 Å². The normalized spacial score (nSPS) is 15.9. The summed E-state index contributed by atoms with van der Waals surface area (Å²) in [6.45, 7) is 0.0455. The van der Waals surface area contributed by atoms with Crippen molar-refractivity contribution in [2.24, 2.45) is 11.5 Å². The van der Waals surface area contributed by atoms with Crippen LogP contribution < -0.4 is 21.7 Å². The smallest absolute Gasteiger partial charge is 0.414 e. The first-order valence-electron chi connectivity index (χ1n) is 8.89. The van der Waals surface area contributed by atoms with E-state index in [0.717, 1.165) is 0 Å². The van der Waals surface area contributed by atoms with Crippen molar-refractivity contribution in [2.45, 2.75) is 18.9 Å². The van der Waals surface area contributed by atoms with Crippen LogP contribution >= 0.6 is 0 Å². The Morgan fingerprint density at radius 1 is 1.31 bits per heavy atom. The molecule has 1 aliphatic heterocycles. The van der Waals surface area contributed by atoms with Gasteiger partial charge >= 0.3 is 6.09 Å². The number of hydrogen-bond donors (Lipinski definition) is 3. The van der Waals surface area contributed by atoms with Gasteiger partial charge < -0.3 is 21.5 Å². The molecule has 1 unspecified atom stereocenters. The van der Waals surface area contributed by atoms with E-state index in [4.69, 9.17) is 16.2 Å². The molecule has 10 heteroatoms. The molecule has 1 atom stereocenters. The summed E-state index contributed by atoms with van der Waals surface area (Å²) in [6.07, 6.45) is 0.769. The maximum Gasteiger partial charge on any atom is 0.414 e. The summed E-state index contributed by atoms with van der Waals surface area (Å²) < 4.78 is 19.9. The largest absolute Gasteiger partial charge is 0.444 e. The fourth-order valence-corrected chi connectivity index (χ4v) is 2.91. The van der Waals surface area contributed by atoms with Crippen molar-refractivity contribution in [2.75, 3.05) is 23.3 Å². The van der Waals surface area contributed by atoms with Crippen LogP contribution in [0.2, 0.25) is 0 Å². The van der Waals surface area contributed by atoms with Gasteiger partial charge in [-0.15, -0.1) is 0 Å². The van der Waals surface area contributed by atoms with Crippen LogP contribution in [0.1, 0.15) is 12.8 Å². The van der Waals surface area contributed by atoms with Gasteiger partial charge in [0, 0.05) is 23.7 Å². The predicted molar refractivity (Wildman–Crippen MR) is 103 cm³/mol. The van der Waals surface area contributed by atoms with E-state index in [1.54, 1.807) is 12.1 Å². The number of halogens is 1. The number of amides is 3. The third-order valence-corrected chi connectivity index (χ3v) is 4.38. The van der Waals surface area contributed by atoms with Gasteiger partial charge in [-0.05, 0) is 36.8 Å². The average Bonchev–Trinajstić information content (AvgIpc) is 3.07. The van der Waals surface area contributed by atoms with Gasteiger partial charge in [-0.3, -0.25) is 14.5 Å². The highest BCUT2D eigenvalue weighted by atomic mass is 19.1. The molecule has 1 saturated heterocycles. The van der Waals surface area contributed by atoms with Gasteiger partial charge in [-0.1, -0.05) is 0 Å². The van der Waals surface area contributed by atoms with E-state index in [1.807, 2.05) is 0 Å². The Bertz CT molecular complexity index is 935. The maximum atomic E-state index is 14.7. The second-order valence-electron chi connectivity index (χ2n) is 6.47. The van der Waals surface area contributed by atoms with Gasteiger partial charge in [0.15, 0.2) is 0 Å². The maximum absolute atomic E-state index is 14.7. The van der Waals surface area contributed by atoms with Crippen LogP contribution in [0.15, 0.2) is 36.5 Å². The molecule has 0 spiro atoms. The molecule has 2 heterocycles. The molecule has 0 bridgehead atoms. The van der Waals surface area contributed by atoms with Crippen LogP contribution in [0.4, 0.5) is 20.7 Å². The van der Waals surface area contributed by atoms with Crippen LogP contribution in [-0.2, 0) is 14.3 Å². The van der Waals surface area contributed by atoms with E-state index in [0.29, 0.717) is 23.5 Å². The molecule has 2 aromatic rings. The van der Waals surface area contributed by atoms with Crippen LogP contribution in [0.3, 0.4) is 0 Å². The highest BCUT2D eigenvalue weighted by Gasteiger charge is 2.32. The van der Waals surface area contributed by atoms with E-state index >= 15 is 0 Å². The highest BCUT2D eigenvalue weighted by Crippen LogP contribution is 2.29. The zero-order valence-corrected chi connectivity index (χ0v) is 15.4. The van der Waals surface area contributed by atoms with Crippen molar-refractivity contribution >= 4 is 29.4 Å². The van der Waals surface area contributed by atoms with Crippen molar-refractivity contribution in [1.29, 1.82) is 0 Å². The van der Waals surface area contributed by atoms with Crippen molar-refractivity contribution in [3.8, 4) is 11.1 Å². The van der Waals surface area contributed by atoms with Crippen LogP contribution in [-0.4, -0.2) is 42.1 Å². The van der Waals surface area contributed by atoms with E-state index in [-0.39, 0.29) is 31.0 Å². The second-order valence-corrected chi connectivity index (χ2v) is 6.47. The van der Waals surface area contributed by atoms with Crippen molar-refractivity contribution in [1.82, 2.24) is 4.98 Å². The lowest BCUT2D eigenvalue weighted by atomic mass is 10.1. The summed E-state index contributed by atoms with van der Waals surface area (Å²) in [5, 5.41) is 2.50. The van der Waals surface area contributed by atoms with Crippen molar-refractivity contribution < 1.29 is 23.5 Å². The fourth-order valence-electron chi connectivity index (χ4n) is 2.91. The number of aromatic nitrogens is 1. The van der Waals surface area contributed by atoms with Gasteiger partial charge in [0.2, 0.25) is 11.8 Å².